The minimum Gasteiger partial charge on any atom is -0.492 e. The van der Waals surface area contributed by atoms with Crippen molar-refractivity contribution in [2.45, 2.75) is 58.7 Å². The van der Waals surface area contributed by atoms with E-state index in [-0.39, 0.29) is 23.6 Å². The van der Waals surface area contributed by atoms with Crippen molar-refractivity contribution in [3.8, 4) is 23.0 Å². The Morgan fingerprint density at radius 3 is 2.72 bits per heavy atom. The third kappa shape index (κ3) is 3.56. The Morgan fingerprint density at radius 1 is 1.16 bits per heavy atom. The molecule has 2 unspecified atom stereocenters. The van der Waals surface area contributed by atoms with Gasteiger partial charge in [-0.25, -0.2) is 0 Å². The van der Waals surface area contributed by atoms with Gasteiger partial charge < -0.3 is 18.9 Å². The summed E-state index contributed by atoms with van der Waals surface area (Å²) in [6, 6.07) is 7.98. The molecule has 166 valence electrons. The van der Waals surface area contributed by atoms with Crippen molar-refractivity contribution in [2.24, 2.45) is 0 Å². The van der Waals surface area contributed by atoms with Crippen LogP contribution in [0.15, 0.2) is 42.0 Å². The number of rotatable bonds is 3. The van der Waals surface area contributed by atoms with Crippen LogP contribution in [0.1, 0.15) is 68.9 Å². The Bertz CT molecular complexity index is 1170. The summed E-state index contributed by atoms with van der Waals surface area (Å²) in [4.78, 5) is 11.7. The van der Waals surface area contributed by atoms with Crippen LogP contribution in [-0.2, 0) is 11.2 Å². The highest BCUT2D eigenvalue weighted by Crippen LogP contribution is 2.54. The zero-order chi connectivity index (χ0) is 22.6. The highest BCUT2D eigenvalue weighted by Gasteiger charge is 2.43. The fraction of sp³-hybridized carbons (Fsp3) is 0.370. The summed E-state index contributed by atoms with van der Waals surface area (Å²) in [7, 11) is 0. The predicted molar refractivity (Wildman–Crippen MR) is 123 cm³/mol. The van der Waals surface area contributed by atoms with Gasteiger partial charge in [-0.2, -0.15) is 0 Å². The van der Waals surface area contributed by atoms with Gasteiger partial charge in [-0.3, -0.25) is 4.79 Å². The monoisotopic (exact) mass is 432 g/mol. The number of benzene rings is 2. The molecule has 0 N–H and O–H groups in total. The zero-order valence-corrected chi connectivity index (χ0v) is 19.2. The van der Waals surface area contributed by atoms with Gasteiger partial charge in [0.25, 0.3) is 0 Å². The molecule has 0 bridgehead atoms. The second-order valence-corrected chi connectivity index (χ2v) is 9.46. The molecule has 0 saturated heterocycles. The van der Waals surface area contributed by atoms with E-state index in [1.54, 1.807) is 0 Å². The minimum absolute atomic E-state index is 0.0991. The van der Waals surface area contributed by atoms with Crippen molar-refractivity contribution in [3.05, 3.63) is 64.2 Å². The maximum absolute atomic E-state index is 11.7. The van der Waals surface area contributed by atoms with E-state index in [1.165, 1.54) is 12.5 Å². The first kappa shape index (κ1) is 20.7. The van der Waals surface area contributed by atoms with Crippen LogP contribution < -0.4 is 18.9 Å². The lowest BCUT2D eigenvalue weighted by molar-refractivity contribution is -0.131. The van der Waals surface area contributed by atoms with Crippen LogP contribution in [0.25, 0.3) is 6.08 Å². The number of esters is 1. The highest BCUT2D eigenvalue weighted by atomic mass is 16.5. The maximum atomic E-state index is 11.7. The molecule has 0 saturated carbocycles. The standard InChI is InChI=1S/C27H28O5/c1-15(2)6-7-18-22(30-16(3)28)9-8-19-25(18)29-14-21-20-12-17-10-11-27(4,5)32-23(17)13-24(20)31-26(19)21/h6,8-13,21,26H,7,14H2,1-5H3. The lowest BCUT2D eigenvalue weighted by Crippen LogP contribution is -2.27. The van der Waals surface area contributed by atoms with Crippen molar-refractivity contribution in [2.75, 3.05) is 6.61 Å². The van der Waals surface area contributed by atoms with E-state index in [4.69, 9.17) is 18.9 Å². The summed E-state index contributed by atoms with van der Waals surface area (Å²) in [6.45, 7) is 10.1. The van der Waals surface area contributed by atoms with E-state index in [2.05, 4.69) is 24.3 Å². The van der Waals surface area contributed by atoms with Crippen LogP contribution in [-0.4, -0.2) is 18.2 Å². The Balaban J connectivity index is 1.54. The molecule has 3 aliphatic rings. The summed E-state index contributed by atoms with van der Waals surface area (Å²) in [6.07, 6.45) is 6.79. The number of hydrogen-bond donors (Lipinski definition) is 0. The molecule has 3 heterocycles. The Labute approximate surface area is 188 Å². The molecule has 0 amide bonds. The van der Waals surface area contributed by atoms with Gasteiger partial charge in [-0.15, -0.1) is 0 Å². The molecule has 0 fully saturated rings. The Hall–Kier alpha value is -3.21. The third-order valence-corrected chi connectivity index (χ3v) is 6.13. The SMILES string of the molecule is CC(=O)Oc1ccc2c(c1CC=C(C)C)OCC1c3cc4c(cc3OC21)OC(C)(C)C=C4. The molecule has 0 spiro atoms. The zero-order valence-electron chi connectivity index (χ0n) is 19.2. The van der Waals surface area contributed by atoms with Gasteiger partial charge >= 0.3 is 5.97 Å². The van der Waals surface area contributed by atoms with Crippen molar-refractivity contribution >= 4 is 12.0 Å². The lowest BCUT2D eigenvalue weighted by Gasteiger charge is -2.30. The highest BCUT2D eigenvalue weighted by molar-refractivity contribution is 5.71. The first-order valence-corrected chi connectivity index (χ1v) is 11.0. The van der Waals surface area contributed by atoms with Crippen LogP contribution in [0.3, 0.4) is 0 Å². The number of allylic oxidation sites excluding steroid dienone is 2. The Morgan fingerprint density at radius 2 is 1.97 bits per heavy atom. The van der Waals surface area contributed by atoms with Crippen LogP contribution >= 0.6 is 0 Å². The second-order valence-electron chi connectivity index (χ2n) is 9.46. The molecule has 0 radical (unpaired) electrons. The largest absolute Gasteiger partial charge is 0.492 e. The molecule has 2 atom stereocenters. The van der Waals surface area contributed by atoms with Gasteiger partial charge in [0.1, 0.15) is 34.7 Å². The number of hydrogen-bond acceptors (Lipinski definition) is 5. The van der Waals surface area contributed by atoms with Gasteiger partial charge in [0.05, 0.1) is 12.5 Å². The first-order chi connectivity index (χ1) is 15.2. The molecule has 3 aliphatic heterocycles. The summed E-state index contributed by atoms with van der Waals surface area (Å²) >= 11 is 0. The normalized spacial score (nSPS) is 21.0. The van der Waals surface area contributed by atoms with Crippen molar-refractivity contribution in [1.82, 2.24) is 0 Å². The molecule has 5 nitrogen and oxygen atoms in total. The van der Waals surface area contributed by atoms with E-state index < -0.39 is 0 Å². The predicted octanol–water partition coefficient (Wildman–Crippen LogP) is 5.91. The molecular weight excluding hydrogens is 404 g/mol. The van der Waals surface area contributed by atoms with Gasteiger partial charge in [0.15, 0.2) is 0 Å². The third-order valence-electron chi connectivity index (χ3n) is 6.13. The topological polar surface area (TPSA) is 54.0 Å². The minimum atomic E-state index is -0.344. The lowest BCUT2D eigenvalue weighted by atomic mass is 9.86. The molecule has 0 aliphatic carbocycles. The van der Waals surface area contributed by atoms with E-state index in [9.17, 15) is 4.79 Å². The average molecular weight is 433 g/mol. The molecule has 0 aromatic heterocycles. The Kier molecular flexibility index (Phi) is 4.81. The first-order valence-electron chi connectivity index (χ1n) is 11.0. The summed E-state index contributed by atoms with van der Waals surface area (Å²) in [5.41, 5.74) is 4.92. The molecule has 2 aromatic carbocycles. The molecule has 32 heavy (non-hydrogen) atoms. The quantitative estimate of drug-likeness (QED) is 0.343. The fourth-order valence-corrected chi connectivity index (χ4v) is 4.60. The molecule has 5 rings (SSSR count). The van der Waals surface area contributed by atoms with Crippen LogP contribution in [0.2, 0.25) is 0 Å². The van der Waals surface area contributed by atoms with Crippen LogP contribution in [0.5, 0.6) is 23.0 Å². The van der Waals surface area contributed by atoms with Gasteiger partial charge in [-0.05, 0) is 58.4 Å². The fourth-order valence-electron chi connectivity index (χ4n) is 4.60. The van der Waals surface area contributed by atoms with E-state index in [0.29, 0.717) is 18.8 Å². The van der Waals surface area contributed by atoms with Crippen LogP contribution in [0, 0.1) is 0 Å². The molecule has 2 aromatic rings. The van der Waals surface area contributed by atoms with E-state index >= 15 is 0 Å². The summed E-state index contributed by atoms with van der Waals surface area (Å²) in [5, 5.41) is 0. The van der Waals surface area contributed by atoms with E-state index in [1.807, 2.05) is 45.9 Å². The van der Waals surface area contributed by atoms with Gasteiger partial charge in [0.2, 0.25) is 0 Å². The van der Waals surface area contributed by atoms with Crippen molar-refractivity contribution in [3.63, 3.8) is 0 Å². The van der Waals surface area contributed by atoms with Gasteiger partial charge in [0, 0.05) is 35.2 Å². The number of fused-ring (bicyclic) bond motifs is 6. The van der Waals surface area contributed by atoms with Crippen molar-refractivity contribution in [1.29, 1.82) is 0 Å². The summed E-state index contributed by atoms with van der Waals surface area (Å²) < 4.78 is 24.4. The van der Waals surface area contributed by atoms with Crippen LogP contribution in [0.4, 0.5) is 0 Å². The number of carbonyl (C=O) groups excluding carboxylic acids is 1. The molecular formula is C27H28O5. The van der Waals surface area contributed by atoms with E-state index in [0.717, 1.165) is 39.5 Å². The summed E-state index contributed by atoms with van der Waals surface area (Å²) in [5.74, 6) is 2.74. The molecule has 5 heteroatoms. The maximum Gasteiger partial charge on any atom is 0.308 e. The van der Waals surface area contributed by atoms with Crippen molar-refractivity contribution < 1.29 is 23.7 Å². The number of ether oxygens (including phenoxy) is 4. The smallest absolute Gasteiger partial charge is 0.308 e. The number of carbonyl (C=O) groups is 1. The van der Waals surface area contributed by atoms with Gasteiger partial charge in [-0.1, -0.05) is 17.7 Å². The second kappa shape index (κ2) is 7.44. The average Bonchev–Trinajstić information content (AvgIpc) is 3.07.